The third-order valence-corrected chi connectivity index (χ3v) is 4.92. The zero-order chi connectivity index (χ0) is 19.4. The summed E-state index contributed by atoms with van der Waals surface area (Å²) in [4.78, 5) is 27.0. The molecule has 0 saturated carbocycles. The zero-order valence-corrected chi connectivity index (χ0v) is 16.7. The summed E-state index contributed by atoms with van der Waals surface area (Å²) in [6.45, 7) is 6.61. The lowest BCUT2D eigenvalue weighted by molar-refractivity contribution is -0.129. The van der Waals surface area contributed by atoms with Crippen molar-refractivity contribution in [1.29, 1.82) is 0 Å². The van der Waals surface area contributed by atoms with Crippen molar-refractivity contribution in [3.05, 3.63) is 65.2 Å². The molecule has 140 valence electrons. The number of nitrogens with one attached hydrogen (secondary N) is 1. The van der Waals surface area contributed by atoms with Crippen LogP contribution >= 0.6 is 15.9 Å². The number of carbonyl (C=O) groups is 2. The molecule has 5 nitrogen and oxygen atoms in total. The largest absolute Gasteiger partial charge is 0.489 e. The maximum atomic E-state index is 12.7. The van der Waals surface area contributed by atoms with E-state index in [-0.39, 0.29) is 11.8 Å². The smallest absolute Gasteiger partial charge is 0.239 e. The molecule has 27 heavy (non-hydrogen) atoms. The Morgan fingerprint density at radius 3 is 2.81 bits per heavy atom. The summed E-state index contributed by atoms with van der Waals surface area (Å²) < 4.78 is 6.43. The van der Waals surface area contributed by atoms with Crippen LogP contribution < -0.4 is 15.0 Å². The van der Waals surface area contributed by atoms with Gasteiger partial charge in [0.25, 0.3) is 0 Å². The van der Waals surface area contributed by atoms with Gasteiger partial charge in [-0.1, -0.05) is 24.8 Å². The predicted octanol–water partition coefficient (Wildman–Crippen LogP) is 4.40. The minimum atomic E-state index is -0.697. The monoisotopic (exact) mass is 428 g/mol. The number of halogens is 1. The van der Waals surface area contributed by atoms with E-state index in [4.69, 9.17) is 4.74 Å². The molecule has 2 amide bonds. The van der Waals surface area contributed by atoms with E-state index in [2.05, 4.69) is 27.8 Å². The summed E-state index contributed by atoms with van der Waals surface area (Å²) in [6, 6.07) is 14.6. The first kappa shape index (κ1) is 19.2. The molecule has 2 aromatic rings. The molecule has 1 aliphatic rings. The van der Waals surface area contributed by atoms with Gasteiger partial charge in [-0.05, 0) is 59.1 Å². The van der Waals surface area contributed by atoms with Crippen LogP contribution in [0.15, 0.2) is 65.2 Å². The highest BCUT2D eigenvalue weighted by molar-refractivity contribution is 9.10. The molecule has 6 heteroatoms. The fourth-order valence-corrected chi connectivity index (χ4v) is 3.43. The Kier molecular flexibility index (Phi) is 5.96. The molecule has 1 saturated heterocycles. The average Bonchev–Trinajstić information content (AvgIpc) is 3.02. The van der Waals surface area contributed by atoms with Gasteiger partial charge in [-0.15, -0.1) is 0 Å². The lowest BCUT2D eigenvalue weighted by Crippen LogP contribution is -2.33. The van der Waals surface area contributed by atoms with Gasteiger partial charge < -0.3 is 15.0 Å². The maximum absolute atomic E-state index is 12.7. The summed E-state index contributed by atoms with van der Waals surface area (Å²) in [6.07, 6.45) is 0.484. The molecule has 0 aliphatic carbocycles. The Bertz CT molecular complexity index is 881. The number of nitrogens with zero attached hydrogens (tertiary/aromatic N) is 1. The Morgan fingerprint density at radius 2 is 2.07 bits per heavy atom. The van der Waals surface area contributed by atoms with Crippen LogP contribution in [0.25, 0.3) is 0 Å². The van der Waals surface area contributed by atoms with Gasteiger partial charge in [-0.2, -0.15) is 0 Å². The molecule has 0 radical (unpaired) electrons. The van der Waals surface area contributed by atoms with Crippen molar-refractivity contribution >= 4 is 39.1 Å². The molecule has 0 aromatic heterocycles. The second kappa shape index (κ2) is 8.39. The van der Waals surface area contributed by atoms with Crippen molar-refractivity contribution in [3.8, 4) is 5.75 Å². The normalized spacial score (nSPS) is 16.3. The third kappa shape index (κ3) is 4.57. The molecule has 1 aliphatic heterocycles. The van der Waals surface area contributed by atoms with Crippen LogP contribution in [0.4, 0.5) is 11.4 Å². The number of para-hydroxylation sites is 1. The van der Waals surface area contributed by atoms with Crippen molar-refractivity contribution in [2.24, 2.45) is 5.92 Å². The Morgan fingerprint density at radius 1 is 1.30 bits per heavy atom. The summed E-state index contributed by atoms with van der Waals surface area (Å²) in [5, 5.41) is 2.83. The number of anilines is 2. The molecule has 3 rings (SSSR count). The molecule has 1 fully saturated rings. The van der Waals surface area contributed by atoms with Gasteiger partial charge in [0.2, 0.25) is 11.8 Å². The Labute approximate surface area is 167 Å². The summed E-state index contributed by atoms with van der Waals surface area (Å²) in [5.41, 5.74) is 2.30. The fraction of sp³-hybridized carbons (Fsp3) is 0.238. The second-order valence-corrected chi connectivity index (χ2v) is 7.40. The standard InChI is InChI=1S/C21H21BrN2O3/c1-14(2)13-27-16-7-5-6-15(12-16)23-20(25)17-10-11-24(21(17)26)19-9-4-3-8-18(19)22/h3-9,12,17H,1,10-11,13H2,2H3,(H,23,25). The first-order valence-corrected chi connectivity index (χ1v) is 9.49. The van der Waals surface area contributed by atoms with Gasteiger partial charge in [0.15, 0.2) is 0 Å². The molecule has 1 unspecified atom stereocenters. The zero-order valence-electron chi connectivity index (χ0n) is 15.1. The summed E-state index contributed by atoms with van der Waals surface area (Å²) in [5.74, 6) is -0.541. The number of hydrogen-bond donors (Lipinski definition) is 1. The van der Waals surface area contributed by atoms with E-state index >= 15 is 0 Å². The topological polar surface area (TPSA) is 58.6 Å². The van der Waals surface area contributed by atoms with E-state index < -0.39 is 5.92 Å². The van der Waals surface area contributed by atoms with E-state index in [0.717, 1.165) is 15.7 Å². The van der Waals surface area contributed by atoms with Crippen LogP contribution in [0.5, 0.6) is 5.75 Å². The molecule has 1 heterocycles. The third-order valence-electron chi connectivity index (χ3n) is 4.25. The SMILES string of the molecule is C=C(C)COc1cccc(NC(=O)C2CCN(c3ccccc3Br)C2=O)c1. The fourth-order valence-electron chi connectivity index (χ4n) is 2.93. The van der Waals surface area contributed by atoms with Gasteiger partial charge in [-0.3, -0.25) is 9.59 Å². The molecule has 1 atom stereocenters. The van der Waals surface area contributed by atoms with Crippen molar-refractivity contribution in [3.63, 3.8) is 0 Å². The Hall–Kier alpha value is -2.60. The Balaban J connectivity index is 1.67. The average molecular weight is 429 g/mol. The van der Waals surface area contributed by atoms with Gasteiger partial charge in [-0.25, -0.2) is 0 Å². The van der Waals surface area contributed by atoms with Crippen LogP contribution in [0.1, 0.15) is 13.3 Å². The molecule has 2 aromatic carbocycles. The highest BCUT2D eigenvalue weighted by Gasteiger charge is 2.38. The quantitative estimate of drug-likeness (QED) is 0.547. The summed E-state index contributed by atoms with van der Waals surface area (Å²) >= 11 is 3.46. The molecule has 1 N–H and O–H groups in total. The number of carbonyl (C=O) groups excluding carboxylic acids is 2. The highest BCUT2D eigenvalue weighted by Crippen LogP contribution is 2.32. The van der Waals surface area contributed by atoms with E-state index in [9.17, 15) is 9.59 Å². The highest BCUT2D eigenvalue weighted by atomic mass is 79.9. The number of ether oxygens (including phenoxy) is 1. The first-order chi connectivity index (χ1) is 13.0. The summed E-state index contributed by atoms with van der Waals surface area (Å²) in [7, 11) is 0. The number of rotatable bonds is 6. The second-order valence-electron chi connectivity index (χ2n) is 6.55. The lowest BCUT2D eigenvalue weighted by atomic mass is 10.1. The number of amides is 2. The van der Waals surface area contributed by atoms with Crippen molar-refractivity contribution in [2.75, 3.05) is 23.4 Å². The van der Waals surface area contributed by atoms with Crippen LogP contribution in [0, 0.1) is 5.92 Å². The minimum Gasteiger partial charge on any atom is -0.489 e. The molecule has 0 bridgehead atoms. The molecule has 0 spiro atoms. The van der Waals surface area contributed by atoms with Crippen LogP contribution in [0.2, 0.25) is 0 Å². The van der Waals surface area contributed by atoms with E-state index in [1.54, 1.807) is 23.1 Å². The lowest BCUT2D eigenvalue weighted by Gasteiger charge is -2.18. The van der Waals surface area contributed by atoms with Gasteiger partial charge in [0.05, 0.1) is 5.69 Å². The van der Waals surface area contributed by atoms with E-state index in [1.807, 2.05) is 37.3 Å². The van der Waals surface area contributed by atoms with Crippen molar-refractivity contribution in [1.82, 2.24) is 0 Å². The van der Waals surface area contributed by atoms with Gasteiger partial charge >= 0.3 is 0 Å². The maximum Gasteiger partial charge on any atom is 0.239 e. The molecular weight excluding hydrogens is 408 g/mol. The molecular formula is C21H21BrN2O3. The van der Waals surface area contributed by atoms with Gasteiger partial charge in [0.1, 0.15) is 18.3 Å². The number of benzene rings is 2. The van der Waals surface area contributed by atoms with Crippen LogP contribution in [-0.2, 0) is 9.59 Å². The van der Waals surface area contributed by atoms with E-state index in [1.165, 1.54) is 0 Å². The van der Waals surface area contributed by atoms with Crippen LogP contribution in [0.3, 0.4) is 0 Å². The van der Waals surface area contributed by atoms with Crippen LogP contribution in [-0.4, -0.2) is 25.0 Å². The predicted molar refractivity (Wildman–Crippen MR) is 110 cm³/mol. The number of hydrogen-bond acceptors (Lipinski definition) is 3. The van der Waals surface area contributed by atoms with Crippen molar-refractivity contribution in [2.45, 2.75) is 13.3 Å². The van der Waals surface area contributed by atoms with E-state index in [0.29, 0.717) is 31.0 Å². The van der Waals surface area contributed by atoms with Crippen molar-refractivity contribution < 1.29 is 14.3 Å². The minimum absolute atomic E-state index is 0.186. The first-order valence-electron chi connectivity index (χ1n) is 8.69. The van der Waals surface area contributed by atoms with Gasteiger partial charge in [0, 0.05) is 22.8 Å².